The van der Waals surface area contributed by atoms with Crippen molar-refractivity contribution < 1.29 is 41.4 Å². The first-order chi connectivity index (χ1) is 20.7. The van der Waals surface area contributed by atoms with E-state index in [4.69, 9.17) is 18.6 Å². The molecule has 2 unspecified atom stereocenters. The van der Waals surface area contributed by atoms with Crippen molar-refractivity contribution in [2.75, 3.05) is 38.3 Å². The van der Waals surface area contributed by atoms with E-state index >= 15 is 0 Å². The summed E-state index contributed by atoms with van der Waals surface area (Å²) >= 11 is 0. The molecular formula is C31H30F3N3O6. The molecule has 0 saturated carbocycles. The monoisotopic (exact) mass is 597 g/mol. The normalized spacial score (nSPS) is 15.9. The Balaban J connectivity index is 1.20. The van der Waals surface area contributed by atoms with Gasteiger partial charge in [0.25, 0.3) is 11.9 Å². The van der Waals surface area contributed by atoms with Gasteiger partial charge in [-0.2, -0.15) is 18.2 Å². The average molecular weight is 598 g/mol. The number of hydrogen-bond acceptors (Lipinski definition) is 8. The Morgan fingerprint density at radius 2 is 1.77 bits per heavy atom. The van der Waals surface area contributed by atoms with Gasteiger partial charge in [-0.3, -0.25) is 4.79 Å². The number of likely N-dealkylation sites (N-methyl/N-ethyl adjacent to an activating group) is 1. The highest BCUT2D eigenvalue weighted by molar-refractivity contribution is 5.96. The highest BCUT2D eigenvalue weighted by atomic mass is 19.4. The first-order valence-corrected chi connectivity index (χ1v) is 13.7. The molecule has 1 saturated heterocycles. The summed E-state index contributed by atoms with van der Waals surface area (Å²) in [6, 6.07) is 23.0. The molecule has 4 aromatic rings. The van der Waals surface area contributed by atoms with E-state index in [-0.39, 0.29) is 13.0 Å². The summed E-state index contributed by atoms with van der Waals surface area (Å²) in [4.78, 5) is 33.0. The van der Waals surface area contributed by atoms with E-state index in [9.17, 15) is 22.8 Å². The average Bonchev–Trinajstić information content (AvgIpc) is 3.59. The van der Waals surface area contributed by atoms with Crippen LogP contribution in [0.1, 0.15) is 11.1 Å². The van der Waals surface area contributed by atoms with Crippen molar-refractivity contribution >= 4 is 29.1 Å². The van der Waals surface area contributed by atoms with Gasteiger partial charge in [-0.05, 0) is 41.8 Å². The van der Waals surface area contributed by atoms with E-state index in [0.29, 0.717) is 42.5 Å². The molecule has 1 aliphatic rings. The second kappa shape index (κ2) is 13.2. The van der Waals surface area contributed by atoms with Crippen molar-refractivity contribution in [1.82, 2.24) is 9.88 Å². The number of benzene rings is 3. The summed E-state index contributed by atoms with van der Waals surface area (Å²) in [5.74, 6) is -0.352. The number of cyclic esters (lactones) is 1. The van der Waals surface area contributed by atoms with Crippen molar-refractivity contribution in [3.63, 3.8) is 0 Å². The van der Waals surface area contributed by atoms with Crippen LogP contribution in [0.3, 0.4) is 0 Å². The number of anilines is 1. The molecule has 9 nitrogen and oxygen atoms in total. The number of carbonyl (C=O) groups excluding carboxylic acids is 2. The number of alkyl halides is 3. The summed E-state index contributed by atoms with van der Waals surface area (Å²) in [5.41, 5.74) is 2.83. The van der Waals surface area contributed by atoms with Crippen LogP contribution >= 0.6 is 0 Å². The van der Waals surface area contributed by atoms with Crippen molar-refractivity contribution in [3.8, 4) is 5.75 Å². The molecule has 0 N–H and O–H groups in total. The number of amides is 2. The molecule has 1 aromatic heterocycles. The van der Waals surface area contributed by atoms with E-state index in [1.807, 2.05) is 66.5 Å². The van der Waals surface area contributed by atoms with Gasteiger partial charge in [-0.15, -0.1) is 0 Å². The molecule has 1 aliphatic heterocycles. The third kappa shape index (κ3) is 7.83. The molecule has 1 fully saturated rings. The molecule has 43 heavy (non-hydrogen) atoms. The minimum absolute atomic E-state index is 0.0565. The number of halogens is 3. The van der Waals surface area contributed by atoms with Gasteiger partial charge in [0, 0.05) is 13.5 Å². The number of aromatic nitrogens is 1. The van der Waals surface area contributed by atoms with Gasteiger partial charge in [-0.1, -0.05) is 54.6 Å². The lowest BCUT2D eigenvalue weighted by Gasteiger charge is -2.25. The number of nitrogens with zero attached hydrogens (tertiary/aromatic N) is 3. The number of oxazole rings is 1. The van der Waals surface area contributed by atoms with E-state index < -0.39 is 36.9 Å². The molecule has 3 aromatic carbocycles. The maximum Gasteiger partial charge on any atom is 0.417 e. The lowest BCUT2D eigenvalue weighted by Crippen LogP contribution is -2.47. The highest BCUT2D eigenvalue weighted by Gasteiger charge is 2.42. The van der Waals surface area contributed by atoms with Gasteiger partial charge in [-0.25, -0.2) is 9.69 Å². The Labute approximate surface area is 245 Å². The largest absolute Gasteiger partial charge is 0.492 e. The van der Waals surface area contributed by atoms with Gasteiger partial charge in [0.15, 0.2) is 5.58 Å². The zero-order valence-electron chi connectivity index (χ0n) is 23.3. The van der Waals surface area contributed by atoms with Crippen LogP contribution in [0.15, 0.2) is 83.3 Å². The van der Waals surface area contributed by atoms with Crippen molar-refractivity contribution in [1.29, 1.82) is 0 Å². The SMILES string of the molecule is CN(CCOc1ccc(CC(OCC(F)(F)F)C(=O)N2C(=O)OCC2Cc2ccccc2)cc1)c1nc2ccccc2o1. The van der Waals surface area contributed by atoms with Gasteiger partial charge >= 0.3 is 12.3 Å². The Bertz CT molecular complexity index is 1490. The second-order valence-electron chi connectivity index (χ2n) is 10.1. The minimum Gasteiger partial charge on any atom is -0.492 e. The Morgan fingerprint density at radius 3 is 2.49 bits per heavy atom. The highest BCUT2D eigenvalue weighted by Crippen LogP contribution is 2.24. The van der Waals surface area contributed by atoms with Gasteiger partial charge in [0.1, 0.15) is 37.2 Å². The lowest BCUT2D eigenvalue weighted by molar-refractivity contribution is -0.189. The molecule has 12 heteroatoms. The van der Waals surface area contributed by atoms with Gasteiger partial charge in [0.2, 0.25) is 0 Å². The molecule has 0 bridgehead atoms. The zero-order chi connectivity index (χ0) is 30.4. The van der Waals surface area contributed by atoms with Crippen LogP contribution in [-0.4, -0.2) is 73.6 Å². The molecular weight excluding hydrogens is 567 g/mol. The summed E-state index contributed by atoms with van der Waals surface area (Å²) in [5, 5.41) is 0. The Hall–Kier alpha value is -4.58. The maximum atomic E-state index is 13.4. The summed E-state index contributed by atoms with van der Waals surface area (Å²) in [6.07, 6.45) is -6.99. The van der Waals surface area contributed by atoms with Crippen molar-refractivity contribution in [3.05, 3.63) is 90.0 Å². The van der Waals surface area contributed by atoms with Crippen LogP contribution in [0.4, 0.5) is 24.0 Å². The second-order valence-corrected chi connectivity index (χ2v) is 10.1. The van der Waals surface area contributed by atoms with Crippen LogP contribution in [0.2, 0.25) is 0 Å². The molecule has 226 valence electrons. The molecule has 0 aliphatic carbocycles. The molecule has 5 rings (SSSR count). The Kier molecular flexibility index (Phi) is 9.15. The van der Waals surface area contributed by atoms with Crippen LogP contribution < -0.4 is 9.64 Å². The number of imide groups is 1. The quantitative estimate of drug-likeness (QED) is 0.214. The van der Waals surface area contributed by atoms with E-state index in [1.54, 1.807) is 24.3 Å². The lowest BCUT2D eigenvalue weighted by atomic mass is 10.0. The fraction of sp³-hybridized carbons (Fsp3) is 0.323. The van der Waals surface area contributed by atoms with E-state index in [1.165, 1.54) is 0 Å². The topological polar surface area (TPSA) is 94.3 Å². The molecule has 2 heterocycles. The number of para-hydroxylation sites is 2. The number of rotatable bonds is 12. The van der Waals surface area contributed by atoms with Crippen LogP contribution in [0, 0.1) is 0 Å². The summed E-state index contributed by atoms with van der Waals surface area (Å²) < 4.78 is 60.8. The smallest absolute Gasteiger partial charge is 0.417 e. The van der Waals surface area contributed by atoms with E-state index in [2.05, 4.69) is 4.98 Å². The Morgan fingerprint density at radius 1 is 1.05 bits per heavy atom. The fourth-order valence-corrected chi connectivity index (χ4v) is 4.69. The number of ether oxygens (including phenoxy) is 3. The number of fused-ring (bicyclic) bond motifs is 1. The van der Waals surface area contributed by atoms with Gasteiger partial charge < -0.3 is 23.5 Å². The third-order valence-electron chi connectivity index (χ3n) is 6.89. The zero-order valence-corrected chi connectivity index (χ0v) is 23.3. The van der Waals surface area contributed by atoms with Crippen LogP contribution in [0.5, 0.6) is 5.75 Å². The molecule has 2 atom stereocenters. The predicted octanol–water partition coefficient (Wildman–Crippen LogP) is 5.42. The summed E-state index contributed by atoms with van der Waals surface area (Å²) in [7, 11) is 1.83. The molecule has 2 amide bonds. The first-order valence-electron chi connectivity index (χ1n) is 13.7. The predicted molar refractivity (Wildman–Crippen MR) is 151 cm³/mol. The van der Waals surface area contributed by atoms with Crippen molar-refractivity contribution in [2.45, 2.75) is 31.2 Å². The number of carbonyl (C=O) groups is 2. The minimum atomic E-state index is -4.66. The number of hydrogen-bond donors (Lipinski definition) is 0. The first kappa shape index (κ1) is 29.9. The maximum absolute atomic E-state index is 13.4. The van der Waals surface area contributed by atoms with Crippen molar-refractivity contribution in [2.24, 2.45) is 0 Å². The van der Waals surface area contributed by atoms with Gasteiger partial charge in [0.05, 0.1) is 12.6 Å². The van der Waals surface area contributed by atoms with Crippen LogP contribution in [-0.2, 0) is 27.1 Å². The molecule has 0 spiro atoms. The summed E-state index contributed by atoms with van der Waals surface area (Å²) in [6.45, 7) is -0.902. The fourth-order valence-electron chi connectivity index (χ4n) is 4.69. The molecule has 0 radical (unpaired) electrons. The standard InChI is InChI=1S/C31H30F3N3O6/c1-36(29-35-25-9-5-6-10-26(25)43-29)15-16-40-24-13-11-22(12-14-24)18-27(42-20-31(32,33)34)28(38)37-23(19-41-30(37)39)17-21-7-3-2-4-8-21/h2-14,23,27H,15-20H2,1H3. The third-order valence-corrected chi connectivity index (χ3v) is 6.89. The van der Waals surface area contributed by atoms with E-state index in [0.717, 1.165) is 16.0 Å². The van der Waals surface area contributed by atoms with Crippen LogP contribution in [0.25, 0.3) is 11.1 Å².